The monoisotopic (exact) mass is 460 g/mol. The number of benzene rings is 2. The van der Waals surface area contributed by atoms with Crippen LogP contribution in [0.4, 0.5) is 5.69 Å². The van der Waals surface area contributed by atoms with E-state index < -0.39 is 15.9 Å². The van der Waals surface area contributed by atoms with E-state index in [-0.39, 0.29) is 32.4 Å². The lowest BCUT2D eigenvalue weighted by atomic mass is 9.98. The van der Waals surface area contributed by atoms with Gasteiger partial charge in [0.15, 0.2) is 0 Å². The van der Waals surface area contributed by atoms with Crippen LogP contribution >= 0.6 is 34.8 Å². The molecule has 0 radical (unpaired) electrons. The number of hydrogen-bond donors (Lipinski definition) is 1. The van der Waals surface area contributed by atoms with Crippen molar-refractivity contribution in [2.24, 2.45) is 5.92 Å². The average Bonchev–Trinajstić information content (AvgIpc) is 2.66. The highest BCUT2D eigenvalue weighted by molar-refractivity contribution is 7.89. The van der Waals surface area contributed by atoms with Gasteiger partial charge in [0.25, 0.3) is 0 Å². The summed E-state index contributed by atoms with van der Waals surface area (Å²) in [5, 5.41) is 3.56. The molecule has 2 aromatic rings. The van der Waals surface area contributed by atoms with Gasteiger partial charge in [-0.3, -0.25) is 4.79 Å². The molecule has 150 valence electrons. The number of piperidine rings is 1. The second-order valence-corrected chi connectivity index (χ2v) is 9.91. The Kier molecular flexibility index (Phi) is 6.57. The molecule has 3 rings (SSSR count). The minimum Gasteiger partial charge on any atom is -0.324 e. The van der Waals surface area contributed by atoms with Gasteiger partial charge in [0.1, 0.15) is 0 Å². The van der Waals surface area contributed by atoms with E-state index in [0.717, 1.165) is 5.56 Å². The van der Waals surface area contributed by atoms with Gasteiger partial charge in [-0.1, -0.05) is 52.5 Å². The third-order valence-corrected chi connectivity index (χ3v) is 7.60. The Hall–Kier alpha value is -1.31. The van der Waals surface area contributed by atoms with Gasteiger partial charge in [-0.15, -0.1) is 0 Å². The van der Waals surface area contributed by atoms with Crippen LogP contribution in [0.25, 0.3) is 0 Å². The standard InChI is InChI=1S/C19H19Cl3N2O3S/c1-12-4-6-14(7-5-12)28(26,27)24-8-2-3-13(11-24)19(25)23-18-10-16(21)15(20)9-17(18)22/h4-7,9-10,13H,2-3,8,11H2,1H3,(H,23,25)/t13-/m1/s1. The van der Waals surface area contributed by atoms with Crippen molar-refractivity contribution in [2.75, 3.05) is 18.4 Å². The highest BCUT2D eigenvalue weighted by atomic mass is 35.5. The molecule has 5 nitrogen and oxygen atoms in total. The van der Waals surface area contributed by atoms with Crippen LogP contribution in [0.1, 0.15) is 18.4 Å². The molecule has 1 aliphatic heterocycles. The molecule has 0 aromatic heterocycles. The van der Waals surface area contributed by atoms with Crippen LogP contribution in [0.2, 0.25) is 15.1 Å². The number of halogens is 3. The largest absolute Gasteiger partial charge is 0.324 e. The Labute approximate surface area is 179 Å². The molecule has 1 amide bonds. The van der Waals surface area contributed by atoms with Crippen molar-refractivity contribution < 1.29 is 13.2 Å². The fourth-order valence-corrected chi connectivity index (χ4v) is 5.21. The van der Waals surface area contributed by atoms with Crippen molar-refractivity contribution in [1.29, 1.82) is 0 Å². The summed E-state index contributed by atoms with van der Waals surface area (Å²) in [5.41, 5.74) is 1.33. The molecule has 1 heterocycles. The minimum absolute atomic E-state index is 0.112. The third-order valence-electron chi connectivity index (χ3n) is 4.68. The summed E-state index contributed by atoms with van der Waals surface area (Å²) >= 11 is 18.0. The summed E-state index contributed by atoms with van der Waals surface area (Å²) in [6, 6.07) is 9.62. The first-order valence-corrected chi connectivity index (χ1v) is 11.3. The number of amides is 1. The van der Waals surface area contributed by atoms with Crippen molar-refractivity contribution >= 4 is 56.4 Å². The van der Waals surface area contributed by atoms with Crippen molar-refractivity contribution in [3.63, 3.8) is 0 Å². The fourth-order valence-electron chi connectivity index (χ4n) is 3.09. The zero-order valence-electron chi connectivity index (χ0n) is 15.1. The molecule has 1 atom stereocenters. The quantitative estimate of drug-likeness (QED) is 0.652. The lowest BCUT2D eigenvalue weighted by Crippen LogP contribution is -2.43. The maximum absolute atomic E-state index is 12.9. The number of sulfonamides is 1. The Bertz CT molecular complexity index is 994. The molecular formula is C19H19Cl3N2O3S. The molecular weight excluding hydrogens is 443 g/mol. The molecule has 1 saturated heterocycles. The summed E-state index contributed by atoms with van der Waals surface area (Å²) in [6.07, 6.45) is 1.18. The number of nitrogens with one attached hydrogen (secondary N) is 1. The molecule has 1 N–H and O–H groups in total. The van der Waals surface area contributed by atoms with E-state index in [1.165, 1.54) is 16.4 Å². The molecule has 0 bridgehead atoms. The Morgan fingerprint density at radius 2 is 1.71 bits per heavy atom. The third kappa shape index (κ3) is 4.63. The van der Waals surface area contributed by atoms with Gasteiger partial charge in [-0.05, 0) is 44.0 Å². The van der Waals surface area contributed by atoms with Crippen LogP contribution in [0, 0.1) is 12.8 Å². The van der Waals surface area contributed by atoms with E-state index in [1.807, 2.05) is 6.92 Å². The number of anilines is 1. The molecule has 1 aliphatic rings. The molecule has 0 saturated carbocycles. The number of nitrogens with zero attached hydrogens (tertiary/aromatic N) is 1. The predicted octanol–water partition coefficient (Wildman–Crippen LogP) is 4.99. The van der Waals surface area contributed by atoms with E-state index in [0.29, 0.717) is 25.1 Å². The summed E-state index contributed by atoms with van der Waals surface area (Å²) < 4.78 is 27.2. The second-order valence-electron chi connectivity index (χ2n) is 6.75. The number of hydrogen-bond acceptors (Lipinski definition) is 3. The molecule has 0 spiro atoms. The summed E-state index contributed by atoms with van der Waals surface area (Å²) in [5.74, 6) is -0.788. The van der Waals surface area contributed by atoms with Crippen LogP contribution in [-0.4, -0.2) is 31.7 Å². The van der Waals surface area contributed by atoms with E-state index in [1.54, 1.807) is 24.3 Å². The van der Waals surface area contributed by atoms with Crippen LogP contribution in [-0.2, 0) is 14.8 Å². The highest BCUT2D eigenvalue weighted by Gasteiger charge is 2.33. The predicted molar refractivity (Wildman–Crippen MR) is 113 cm³/mol. The van der Waals surface area contributed by atoms with Crippen molar-refractivity contribution in [3.8, 4) is 0 Å². The van der Waals surface area contributed by atoms with Gasteiger partial charge < -0.3 is 5.32 Å². The van der Waals surface area contributed by atoms with Crippen LogP contribution in [0.3, 0.4) is 0 Å². The van der Waals surface area contributed by atoms with E-state index in [9.17, 15) is 13.2 Å². The molecule has 9 heteroatoms. The minimum atomic E-state index is -3.65. The first-order chi connectivity index (χ1) is 13.2. The number of carbonyl (C=O) groups is 1. The van der Waals surface area contributed by atoms with Gasteiger partial charge in [0, 0.05) is 13.1 Å². The molecule has 0 aliphatic carbocycles. The van der Waals surface area contributed by atoms with Gasteiger partial charge >= 0.3 is 0 Å². The summed E-state index contributed by atoms with van der Waals surface area (Å²) in [6.45, 7) is 2.39. The van der Waals surface area contributed by atoms with Crippen LogP contribution in [0.5, 0.6) is 0 Å². The SMILES string of the molecule is Cc1ccc(S(=O)(=O)N2CCC[C@@H](C(=O)Nc3cc(Cl)c(Cl)cc3Cl)C2)cc1. The van der Waals surface area contributed by atoms with Gasteiger partial charge in [0.2, 0.25) is 15.9 Å². The zero-order valence-corrected chi connectivity index (χ0v) is 18.2. The van der Waals surface area contributed by atoms with Crippen molar-refractivity contribution in [1.82, 2.24) is 4.31 Å². The van der Waals surface area contributed by atoms with Crippen molar-refractivity contribution in [3.05, 3.63) is 57.0 Å². The highest BCUT2D eigenvalue weighted by Crippen LogP contribution is 2.33. The zero-order chi connectivity index (χ0) is 20.5. The normalized spacial score (nSPS) is 18.1. The lowest BCUT2D eigenvalue weighted by Gasteiger charge is -2.31. The smallest absolute Gasteiger partial charge is 0.243 e. The Balaban J connectivity index is 1.75. The van der Waals surface area contributed by atoms with E-state index in [4.69, 9.17) is 34.8 Å². The first-order valence-electron chi connectivity index (χ1n) is 8.70. The van der Waals surface area contributed by atoms with E-state index in [2.05, 4.69) is 5.32 Å². The van der Waals surface area contributed by atoms with E-state index >= 15 is 0 Å². The lowest BCUT2D eigenvalue weighted by molar-refractivity contribution is -0.120. The summed E-state index contributed by atoms with van der Waals surface area (Å²) in [4.78, 5) is 12.9. The number of aryl methyl sites for hydroxylation is 1. The van der Waals surface area contributed by atoms with Gasteiger partial charge in [-0.2, -0.15) is 4.31 Å². The van der Waals surface area contributed by atoms with Crippen LogP contribution in [0.15, 0.2) is 41.3 Å². The Morgan fingerprint density at radius 1 is 1.07 bits per heavy atom. The molecule has 0 unspecified atom stereocenters. The fraction of sp³-hybridized carbons (Fsp3) is 0.316. The molecule has 2 aromatic carbocycles. The molecule has 1 fully saturated rings. The maximum Gasteiger partial charge on any atom is 0.243 e. The van der Waals surface area contributed by atoms with Crippen molar-refractivity contribution in [2.45, 2.75) is 24.7 Å². The first kappa shape index (κ1) is 21.4. The second kappa shape index (κ2) is 8.59. The maximum atomic E-state index is 12.9. The van der Waals surface area contributed by atoms with Gasteiger partial charge in [-0.25, -0.2) is 8.42 Å². The molecule has 28 heavy (non-hydrogen) atoms. The number of carbonyl (C=O) groups excluding carboxylic acids is 1. The Morgan fingerprint density at radius 3 is 2.39 bits per heavy atom. The van der Waals surface area contributed by atoms with Gasteiger partial charge in [0.05, 0.1) is 31.6 Å². The summed E-state index contributed by atoms with van der Waals surface area (Å²) in [7, 11) is -3.65. The topological polar surface area (TPSA) is 66.5 Å². The van der Waals surface area contributed by atoms with Crippen LogP contribution < -0.4 is 5.32 Å². The number of rotatable bonds is 4. The average molecular weight is 462 g/mol.